The van der Waals surface area contributed by atoms with Crippen molar-refractivity contribution in [3.8, 4) is 0 Å². The Balaban J connectivity index is 3.10. The molecule has 4 nitrogen and oxygen atoms in total. The van der Waals surface area contributed by atoms with E-state index in [9.17, 15) is 18.0 Å². The number of aromatic carboxylic acids is 1. The summed E-state index contributed by atoms with van der Waals surface area (Å²) in [5.74, 6) is -1.68. The second-order valence-corrected chi connectivity index (χ2v) is 3.67. The predicted molar refractivity (Wildman–Crippen MR) is 55.5 cm³/mol. The third-order valence-electron chi connectivity index (χ3n) is 1.85. The monoisotopic (exact) mass is 268 g/mol. The molecule has 1 heterocycles. The molecule has 8 heteroatoms. The average molecular weight is 269 g/mol. The maximum Gasteiger partial charge on any atom is 0.405 e. The standard InChI is InChI=1S/C9H8ClF3N2O2/c1-15(4-9(11,12)13)7-5(8(16)17)2-3-6(10)14-7/h2-3H,4H2,1H3,(H,16,17). The smallest absolute Gasteiger partial charge is 0.405 e. The van der Waals surface area contributed by atoms with Crippen molar-refractivity contribution in [1.82, 2.24) is 4.98 Å². The van der Waals surface area contributed by atoms with Crippen LogP contribution in [-0.4, -0.2) is 35.8 Å². The molecule has 0 aliphatic heterocycles. The number of rotatable bonds is 3. The van der Waals surface area contributed by atoms with Crippen LogP contribution in [0.15, 0.2) is 12.1 Å². The summed E-state index contributed by atoms with van der Waals surface area (Å²) < 4.78 is 36.5. The Kier molecular flexibility index (Phi) is 3.82. The van der Waals surface area contributed by atoms with Crippen LogP contribution in [0.3, 0.4) is 0 Å². The fraction of sp³-hybridized carbons (Fsp3) is 0.333. The number of hydrogen-bond donors (Lipinski definition) is 1. The van der Waals surface area contributed by atoms with Crippen molar-refractivity contribution in [2.24, 2.45) is 0 Å². The Morgan fingerprint density at radius 2 is 2.12 bits per heavy atom. The minimum Gasteiger partial charge on any atom is -0.478 e. The van der Waals surface area contributed by atoms with Crippen LogP contribution in [0.25, 0.3) is 0 Å². The molecule has 0 fully saturated rings. The SMILES string of the molecule is CN(CC(F)(F)F)c1nc(Cl)ccc1C(=O)O. The first-order valence-electron chi connectivity index (χ1n) is 4.38. The van der Waals surface area contributed by atoms with Gasteiger partial charge in [-0.15, -0.1) is 0 Å². The summed E-state index contributed by atoms with van der Waals surface area (Å²) in [6, 6.07) is 2.32. The first-order chi connectivity index (χ1) is 7.70. The Morgan fingerprint density at radius 3 is 2.59 bits per heavy atom. The molecule has 0 saturated heterocycles. The van der Waals surface area contributed by atoms with Crippen LogP contribution >= 0.6 is 11.6 Å². The molecule has 1 N–H and O–H groups in total. The van der Waals surface area contributed by atoms with Gasteiger partial charge in [0.25, 0.3) is 0 Å². The van der Waals surface area contributed by atoms with Gasteiger partial charge < -0.3 is 10.0 Å². The van der Waals surface area contributed by atoms with E-state index in [4.69, 9.17) is 16.7 Å². The highest BCUT2D eigenvalue weighted by molar-refractivity contribution is 6.29. The molecule has 1 aromatic rings. The van der Waals surface area contributed by atoms with E-state index < -0.39 is 18.7 Å². The first kappa shape index (κ1) is 13.6. The van der Waals surface area contributed by atoms with Crippen LogP contribution in [0.5, 0.6) is 0 Å². The number of carboxylic acid groups (broad SMARTS) is 1. The van der Waals surface area contributed by atoms with Crippen molar-refractivity contribution in [2.75, 3.05) is 18.5 Å². The highest BCUT2D eigenvalue weighted by atomic mass is 35.5. The van der Waals surface area contributed by atoms with E-state index in [2.05, 4.69) is 4.98 Å². The minimum absolute atomic E-state index is 0.0703. The van der Waals surface area contributed by atoms with Crippen LogP contribution in [0.2, 0.25) is 5.15 Å². The van der Waals surface area contributed by atoms with Gasteiger partial charge in [-0.3, -0.25) is 0 Å². The molecule has 0 bridgehead atoms. The predicted octanol–water partition coefficient (Wildman–Crippen LogP) is 2.43. The van der Waals surface area contributed by atoms with Gasteiger partial charge in [0.1, 0.15) is 23.1 Å². The van der Waals surface area contributed by atoms with Crippen LogP contribution in [-0.2, 0) is 0 Å². The first-order valence-corrected chi connectivity index (χ1v) is 4.76. The lowest BCUT2D eigenvalue weighted by atomic mass is 10.2. The summed E-state index contributed by atoms with van der Waals surface area (Å²) >= 11 is 5.52. The van der Waals surface area contributed by atoms with Gasteiger partial charge in [-0.1, -0.05) is 11.6 Å². The van der Waals surface area contributed by atoms with Gasteiger partial charge in [0.15, 0.2) is 0 Å². The quantitative estimate of drug-likeness (QED) is 0.856. The summed E-state index contributed by atoms with van der Waals surface area (Å²) in [4.78, 5) is 15.1. The van der Waals surface area contributed by atoms with Crippen molar-refractivity contribution >= 4 is 23.4 Å². The zero-order valence-corrected chi connectivity index (χ0v) is 9.38. The highest BCUT2D eigenvalue weighted by Gasteiger charge is 2.31. The number of carboxylic acids is 1. The second kappa shape index (κ2) is 4.79. The van der Waals surface area contributed by atoms with Gasteiger partial charge in [-0.25, -0.2) is 9.78 Å². The average Bonchev–Trinajstić information content (AvgIpc) is 2.14. The maximum atomic E-state index is 12.2. The van der Waals surface area contributed by atoms with E-state index in [0.717, 1.165) is 13.1 Å². The Bertz CT molecular complexity index is 437. The molecule has 0 aromatic carbocycles. The van der Waals surface area contributed by atoms with Crippen molar-refractivity contribution < 1.29 is 23.1 Å². The lowest BCUT2D eigenvalue weighted by molar-refractivity contribution is -0.119. The van der Waals surface area contributed by atoms with Crippen LogP contribution in [0, 0.1) is 0 Å². The molecule has 0 amide bonds. The van der Waals surface area contributed by atoms with Gasteiger partial charge in [-0.05, 0) is 12.1 Å². The zero-order chi connectivity index (χ0) is 13.2. The lowest BCUT2D eigenvalue weighted by Gasteiger charge is -2.21. The molecule has 17 heavy (non-hydrogen) atoms. The van der Waals surface area contributed by atoms with E-state index in [1.807, 2.05) is 0 Å². The highest BCUT2D eigenvalue weighted by Crippen LogP contribution is 2.24. The summed E-state index contributed by atoms with van der Waals surface area (Å²) in [6.07, 6.45) is -4.45. The van der Waals surface area contributed by atoms with Gasteiger partial charge in [-0.2, -0.15) is 13.2 Å². The number of nitrogens with zero attached hydrogens (tertiary/aromatic N) is 2. The summed E-state index contributed by atoms with van der Waals surface area (Å²) in [7, 11) is 1.10. The van der Waals surface area contributed by atoms with Crippen molar-refractivity contribution in [3.63, 3.8) is 0 Å². The van der Waals surface area contributed by atoms with Gasteiger partial charge >= 0.3 is 12.1 Å². The number of halogens is 4. The molecule has 1 aromatic heterocycles. The van der Waals surface area contributed by atoms with Gasteiger partial charge in [0.2, 0.25) is 0 Å². The summed E-state index contributed by atoms with van der Waals surface area (Å²) in [6.45, 7) is -1.30. The number of anilines is 1. The maximum absolute atomic E-state index is 12.2. The van der Waals surface area contributed by atoms with E-state index in [-0.39, 0.29) is 16.5 Å². The van der Waals surface area contributed by atoms with Crippen molar-refractivity contribution in [2.45, 2.75) is 6.18 Å². The lowest BCUT2D eigenvalue weighted by Crippen LogP contribution is -2.32. The molecular formula is C9H8ClF3N2O2. The summed E-state index contributed by atoms with van der Waals surface area (Å²) in [5.41, 5.74) is -0.332. The Labute approximate surface area is 99.6 Å². The molecule has 0 radical (unpaired) electrons. The Morgan fingerprint density at radius 1 is 1.53 bits per heavy atom. The fourth-order valence-corrected chi connectivity index (χ4v) is 1.37. The van der Waals surface area contributed by atoms with Crippen molar-refractivity contribution in [3.05, 3.63) is 22.8 Å². The number of alkyl halides is 3. The molecule has 0 spiro atoms. The largest absolute Gasteiger partial charge is 0.478 e. The number of hydrogen-bond acceptors (Lipinski definition) is 3. The molecule has 0 unspecified atom stereocenters. The van der Waals surface area contributed by atoms with Crippen LogP contribution < -0.4 is 4.90 Å². The molecule has 94 valence electrons. The minimum atomic E-state index is -4.45. The number of carbonyl (C=O) groups is 1. The van der Waals surface area contributed by atoms with Crippen LogP contribution in [0.4, 0.5) is 19.0 Å². The third kappa shape index (κ3) is 3.77. The molecule has 1 rings (SSSR count). The van der Waals surface area contributed by atoms with Crippen molar-refractivity contribution in [1.29, 1.82) is 0 Å². The van der Waals surface area contributed by atoms with E-state index >= 15 is 0 Å². The Hall–Kier alpha value is -1.50. The van der Waals surface area contributed by atoms with E-state index in [1.165, 1.54) is 6.07 Å². The van der Waals surface area contributed by atoms with E-state index in [1.54, 1.807) is 0 Å². The molecule has 0 aliphatic carbocycles. The fourth-order valence-electron chi connectivity index (χ4n) is 1.23. The normalized spacial score (nSPS) is 11.4. The summed E-state index contributed by atoms with van der Waals surface area (Å²) in [5, 5.41) is 8.74. The molecule has 0 atom stereocenters. The van der Waals surface area contributed by atoms with E-state index in [0.29, 0.717) is 4.90 Å². The number of aromatic nitrogens is 1. The molecular weight excluding hydrogens is 261 g/mol. The van der Waals surface area contributed by atoms with Gasteiger partial charge in [0.05, 0.1) is 0 Å². The topological polar surface area (TPSA) is 53.4 Å². The second-order valence-electron chi connectivity index (χ2n) is 3.28. The van der Waals surface area contributed by atoms with Crippen LogP contribution in [0.1, 0.15) is 10.4 Å². The van der Waals surface area contributed by atoms with Gasteiger partial charge in [0, 0.05) is 7.05 Å². The zero-order valence-electron chi connectivity index (χ0n) is 8.62. The third-order valence-corrected chi connectivity index (χ3v) is 2.06. The number of pyridine rings is 1. The molecule has 0 aliphatic rings. The molecule has 0 saturated carbocycles.